The van der Waals surface area contributed by atoms with Crippen LogP contribution in [0.15, 0.2) is 22.7 Å². The first-order chi connectivity index (χ1) is 11.0. The Balaban J connectivity index is 1.63. The molecule has 1 aliphatic rings. The highest BCUT2D eigenvalue weighted by atomic mass is 19.2. The van der Waals surface area contributed by atoms with E-state index in [0.717, 1.165) is 37.9 Å². The van der Waals surface area contributed by atoms with Crippen LogP contribution in [0.3, 0.4) is 0 Å². The molecule has 0 radical (unpaired) electrons. The van der Waals surface area contributed by atoms with Crippen LogP contribution in [0.4, 0.5) is 8.78 Å². The Morgan fingerprint density at radius 3 is 2.83 bits per heavy atom. The number of nitrogens with zero attached hydrogens (tertiary/aromatic N) is 3. The van der Waals surface area contributed by atoms with Crippen molar-refractivity contribution in [3.8, 4) is 11.4 Å². The average molecular weight is 323 g/mol. The molecule has 1 saturated carbocycles. The van der Waals surface area contributed by atoms with Crippen molar-refractivity contribution in [2.24, 2.45) is 5.92 Å². The predicted molar refractivity (Wildman–Crippen MR) is 79.3 cm³/mol. The van der Waals surface area contributed by atoms with Gasteiger partial charge < -0.3 is 9.63 Å². The number of aliphatic hydroxyl groups excluding tert-OH is 1. The van der Waals surface area contributed by atoms with Gasteiger partial charge in [-0.15, -0.1) is 0 Å². The van der Waals surface area contributed by atoms with Crippen LogP contribution in [0.2, 0.25) is 0 Å². The highest BCUT2D eigenvalue weighted by molar-refractivity contribution is 5.54. The first-order valence-electron chi connectivity index (χ1n) is 7.67. The molecule has 1 aromatic carbocycles. The summed E-state index contributed by atoms with van der Waals surface area (Å²) in [4.78, 5) is 6.23. The maximum Gasteiger partial charge on any atom is 0.241 e. The summed E-state index contributed by atoms with van der Waals surface area (Å²) >= 11 is 0. The molecular formula is C16H19F2N3O2. The highest BCUT2D eigenvalue weighted by Crippen LogP contribution is 2.26. The lowest BCUT2D eigenvalue weighted by molar-refractivity contribution is 0.104. The van der Waals surface area contributed by atoms with Gasteiger partial charge in [0.15, 0.2) is 11.6 Å². The Morgan fingerprint density at radius 1 is 1.30 bits per heavy atom. The van der Waals surface area contributed by atoms with Crippen molar-refractivity contribution in [1.82, 2.24) is 15.0 Å². The van der Waals surface area contributed by atoms with Crippen molar-refractivity contribution in [3.05, 3.63) is 35.7 Å². The summed E-state index contributed by atoms with van der Waals surface area (Å²) in [7, 11) is 1.92. The summed E-state index contributed by atoms with van der Waals surface area (Å²) in [6, 6.07) is 3.49. The molecule has 2 atom stereocenters. The predicted octanol–water partition coefficient (Wildman–Crippen LogP) is 2.61. The van der Waals surface area contributed by atoms with Crippen LogP contribution in [-0.2, 0) is 6.54 Å². The molecule has 1 heterocycles. The largest absolute Gasteiger partial charge is 0.393 e. The van der Waals surface area contributed by atoms with E-state index >= 15 is 0 Å². The molecule has 0 spiro atoms. The van der Waals surface area contributed by atoms with Crippen LogP contribution in [-0.4, -0.2) is 39.8 Å². The molecule has 1 fully saturated rings. The fourth-order valence-corrected chi connectivity index (χ4v) is 3.00. The first kappa shape index (κ1) is 16.0. The molecule has 2 unspecified atom stereocenters. The second-order valence-electron chi connectivity index (χ2n) is 6.10. The molecule has 0 saturated heterocycles. The van der Waals surface area contributed by atoms with Gasteiger partial charge in [0.1, 0.15) is 0 Å². The van der Waals surface area contributed by atoms with Crippen molar-refractivity contribution in [2.75, 3.05) is 13.6 Å². The van der Waals surface area contributed by atoms with Crippen LogP contribution in [0.5, 0.6) is 0 Å². The van der Waals surface area contributed by atoms with Crippen molar-refractivity contribution in [2.45, 2.75) is 31.9 Å². The van der Waals surface area contributed by atoms with Gasteiger partial charge in [0.25, 0.3) is 0 Å². The minimum atomic E-state index is -0.943. The van der Waals surface area contributed by atoms with E-state index in [0.29, 0.717) is 18.0 Å². The Hall–Kier alpha value is -1.86. The topological polar surface area (TPSA) is 62.4 Å². The third-order valence-corrected chi connectivity index (χ3v) is 4.22. The third kappa shape index (κ3) is 3.73. The third-order valence-electron chi connectivity index (χ3n) is 4.22. The molecule has 1 aromatic heterocycles. The fourth-order valence-electron chi connectivity index (χ4n) is 3.00. The van der Waals surface area contributed by atoms with Gasteiger partial charge in [0.05, 0.1) is 12.6 Å². The number of benzene rings is 1. The SMILES string of the molecule is CN(Cc1nc(-c2ccc(F)c(F)c2)no1)CC1CCCC1O. The van der Waals surface area contributed by atoms with Gasteiger partial charge in [-0.2, -0.15) is 4.98 Å². The van der Waals surface area contributed by atoms with Crippen LogP contribution in [0.25, 0.3) is 11.4 Å². The van der Waals surface area contributed by atoms with Crippen LogP contribution in [0, 0.1) is 17.6 Å². The zero-order chi connectivity index (χ0) is 16.4. The fraction of sp³-hybridized carbons (Fsp3) is 0.500. The smallest absolute Gasteiger partial charge is 0.241 e. The molecule has 0 bridgehead atoms. The number of hydrogen-bond donors (Lipinski definition) is 1. The molecular weight excluding hydrogens is 304 g/mol. The molecule has 23 heavy (non-hydrogen) atoms. The standard InChI is InChI=1S/C16H19F2N3O2/c1-21(8-11-3-2-4-14(11)22)9-15-19-16(20-23-15)10-5-6-12(17)13(18)7-10/h5-7,11,14,22H,2-4,8-9H2,1H3. The highest BCUT2D eigenvalue weighted by Gasteiger charge is 2.26. The van der Waals surface area contributed by atoms with Gasteiger partial charge in [0.2, 0.25) is 11.7 Å². The summed E-state index contributed by atoms with van der Waals surface area (Å²) in [6.07, 6.45) is 2.70. The molecule has 0 aliphatic heterocycles. The summed E-state index contributed by atoms with van der Waals surface area (Å²) in [5, 5.41) is 13.7. The van der Waals surface area contributed by atoms with Gasteiger partial charge in [0, 0.05) is 12.1 Å². The van der Waals surface area contributed by atoms with Gasteiger partial charge in [-0.1, -0.05) is 11.6 Å². The summed E-state index contributed by atoms with van der Waals surface area (Å²) in [5.41, 5.74) is 0.368. The molecule has 7 heteroatoms. The first-order valence-corrected chi connectivity index (χ1v) is 7.67. The van der Waals surface area contributed by atoms with E-state index < -0.39 is 11.6 Å². The van der Waals surface area contributed by atoms with E-state index in [-0.39, 0.29) is 17.8 Å². The van der Waals surface area contributed by atoms with Crippen LogP contribution >= 0.6 is 0 Å². The van der Waals surface area contributed by atoms with Gasteiger partial charge in [-0.25, -0.2) is 8.78 Å². The van der Waals surface area contributed by atoms with E-state index in [2.05, 4.69) is 10.1 Å². The monoisotopic (exact) mass is 323 g/mol. The van der Waals surface area contributed by atoms with E-state index in [9.17, 15) is 13.9 Å². The molecule has 124 valence electrons. The molecule has 2 aromatic rings. The van der Waals surface area contributed by atoms with E-state index in [1.807, 2.05) is 11.9 Å². The maximum atomic E-state index is 13.3. The summed E-state index contributed by atoms with van der Waals surface area (Å²) in [5.74, 6) is -0.949. The zero-order valence-electron chi connectivity index (χ0n) is 12.9. The number of rotatable bonds is 5. The minimum Gasteiger partial charge on any atom is -0.393 e. The van der Waals surface area contributed by atoms with E-state index in [4.69, 9.17) is 4.52 Å². The Kier molecular flexibility index (Phi) is 4.68. The van der Waals surface area contributed by atoms with Crippen LogP contribution in [0.1, 0.15) is 25.2 Å². The Bertz CT molecular complexity index is 677. The minimum absolute atomic E-state index is 0.230. The van der Waals surface area contributed by atoms with Crippen molar-refractivity contribution in [1.29, 1.82) is 0 Å². The summed E-state index contributed by atoms with van der Waals surface area (Å²) < 4.78 is 31.4. The van der Waals surface area contributed by atoms with Crippen molar-refractivity contribution < 1.29 is 18.4 Å². The number of aliphatic hydroxyl groups is 1. The lowest BCUT2D eigenvalue weighted by Gasteiger charge is -2.21. The average Bonchev–Trinajstić information content (AvgIpc) is 3.12. The molecule has 5 nitrogen and oxygen atoms in total. The Labute approximate surface area is 132 Å². The number of hydrogen-bond acceptors (Lipinski definition) is 5. The van der Waals surface area contributed by atoms with Gasteiger partial charge in [-0.05, 0) is 44.0 Å². The maximum absolute atomic E-state index is 13.3. The second kappa shape index (κ2) is 6.72. The lowest BCUT2D eigenvalue weighted by Crippen LogP contribution is -2.29. The normalized spacial score (nSPS) is 21.3. The molecule has 1 N–H and O–H groups in total. The second-order valence-corrected chi connectivity index (χ2v) is 6.10. The molecule has 0 amide bonds. The Morgan fingerprint density at radius 2 is 2.13 bits per heavy atom. The van der Waals surface area contributed by atoms with Crippen LogP contribution < -0.4 is 0 Å². The number of aromatic nitrogens is 2. The quantitative estimate of drug-likeness (QED) is 0.916. The van der Waals surface area contributed by atoms with Crippen molar-refractivity contribution >= 4 is 0 Å². The number of halogens is 2. The molecule has 3 rings (SSSR count). The lowest BCUT2D eigenvalue weighted by atomic mass is 10.1. The zero-order valence-corrected chi connectivity index (χ0v) is 12.9. The van der Waals surface area contributed by atoms with E-state index in [1.54, 1.807) is 0 Å². The van der Waals surface area contributed by atoms with E-state index in [1.165, 1.54) is 6.07 Å². The summed E-state index contributed by atoms with van der Waals surface area (Å²) in [6.45, 7) is 1.20. The van der Waals surface area contributed by atoms with Gasteiger partial charge in [-0.3, -0.25) is 4.90 Å². The molecule has 1 aliphatic carbocycles. The van der Waals surface area contributed by atoms with Gasteiger partial charge >= 0.3 is 0 Å². The van der Waals surface area contributed by atoms with Crippen molar-refractivity contribution in [3.63, 3.8) is 0 Å².